The maximum Gasteiger partial charge on any atom is 0.354 e. The number of rotatable bonds is 2. The van der Waals surface area contributed by atoms with E-state index < -0.39 is 11.5 Å². The first-order chi connectivity index (χ1) is 11.3. The van der Waals surface area contributed by atoms with Gasteiger partial charge in [0.25, 0.3) is 5.91 Å². The van der Waals surface area contributed by atoms with E-state index in [0.29, 0.717) is 5.69 Å². The molecule has 7 heteroatoms. The lowest BCUT2D eigenvalue weighted by atomic mass is 9.92. The molecular weight excluding hydrogens is 310 g/mol. The van der Waals surface area contributed by atoms with Gasteiger partial charge >= 0.3 is 5.97 Å². The summed E-state index contributed by atoms with van der Waals surface area (Å²) in [7, 11) is 1.25. The highest BCUT2D eigenvalue weighted by Gasteiger charge is 2.56. The van der Waals surface area contributed by atoms with Crippen LogP contribution in [-0.4, -0.2) is 36.1 Å². The molecule has 1 fully saturated rings. The van der Waals surface area contributed by atoms with Crippen molar-refractivity contribution in [1.82, 2.24) is 5.43 Å². The van der Waals surface area contributed by atoms with Crippen molar-refractivity contribution < 1.29 is 19.1 Å². The summed E-state index contributed by atoms with van der Waals surface area (Å²) in [6, 6.07) is 3.87. The van der Waals surface area contributed by atoms with E-state index in [4.69, 9.17) is 0 Å². The Bertz CT molecular complexity index is 776. The van der Waals surface area contributed by atoms with E-state index in [1.807, 2.05) is 32.9 Å². The van der Waals surface area contributed by atoms with E-state index >= 15 is 0 Å². The Morgan fingerprint density at radius 2 is 1.83 bits per heavy atom. The second kappa shape index (κ2) is 5.43. The van der Waals surface area contributed by atoms with Crippen LogP contribution in [0.25, 0.3) is 0 Å². The Kier molecular flexibility index (Phi) is 3.66. The van der Waals surface area contributed by atoms with Gasteiger partial charge in [0, 0.05) is 6.42 Å². The summed E-state index contributed by atoms with van der Waals surface area (Å²) >= 11 is 0. The van der Waals surface area contributed by atoms with Gasteiger partial charge in [-0.05, 0) is 31.9 Å². The SMILES string of the molecule is COC(=O)C1=NN[C@]2(CC(=O)N(c3c(C)cc(C)cc3C)C2=O)C1. The lowest BCUT2D eigenvalue weighted by molar-refractivity contribution is -0.132. The van der Waals surface area contributed by atoms with Crippen molar-refractivity contribution in [2.75, 3.05) is 12.0 Å². The number of ether oxygens (including phenoxy) is 1. The number of carbonyl (C=O) groups is 3. The van der Waals surface area contributed by atoms with E-state index in [1.165, 1.54) is 12.0 Å². The molecule has 0 radical (unpaired) electrons. The zero-order chi connectivity index (χ0) is 17.6. The van der Waals surface area contributed by atoms with Crippen LogP contribution in [0.4, 0.5) is 5.69 Å². The van der Waals surface area contributed by atoms with Crippen LogP contribution in [0.2, 0.25) is 0 Å². The number of amides is 2. The average molecular weight is 329 g/mol. The fraction of sp³-hybridized carbons (Fsp3) is 0.412. The molecule has 126 valence electrons. The van der Waals surface area contributed by atoms with Crippen LogP contribution < -0.4 is 10.3 Å². The Balaban J connectivity index is 1.96. The number of nitrogens with zero attached hydrogens (tertiary/aromatic N) is 2. The summed E-state index contributed by atoms with van der Waals surface area (Å²) < 4.78 is 4.64. The van der Waals surface area contributed by atoms with E-state index in [1.54, 1.807) is 0 Å². The van der Waals surface area contributed by atoms with Crippen molar-refractivity contribution in [1.29, 1.82) is 0 Å². The highest BCUT2D eigenvalue weighted by atomic mass is 16.5. The molecule has 0 aromatic heterocycles. The van der Waals surface area contributed by atoms with Crippen LogP contribution in [0, 0.1) is 20.8 Å². The molecule has 2 amide bonds. The number of anilines is 1. The molecule has 7 nitrogen and oxygen atoms in total. The second-order valence-electron chi connectivity index (χ2n) is 6.38. The lowest BCUT2D eigenvalue weighted by Crippen LogP contribution is -2.48. The minimum absolute atomic E-state index is 0.0391. The number of esters is 1. The van der Waals surface area contributed by atoms with Crippen LogP contribution in [0.15, 0.2) is 17.2 Å². The van der Waals surface area contributed by atoms with Crippen molar-refractivity contribution in [3.05, 3.63) is 28.8 Å². The average Bonchev–Trinajstić information content (AvgIpc) is 3.03. The van der Waals surface area contributed by atoms with Crippen molar-refractivity contribution >= 4 is 29.2 Å². The van der Waals surface area contributed by atoms with Crippen LogP contribution in [0.1, 0.15) is 29.5 Å². The number of methoxy groups -OCH3 is 1. The molecule has 1 aromatic carbocycles. The van der Waals surface area contributed by atoms with Crippen LogP contribution >= 0.6 is 0 Å². The summed E-state index contributed by atoms with van der Waals surface area (Å²) in [5, 5.41) is 3.91. The third-order valence-electron chi connectivity index (χ3n) is 4.47. The summed E-state index contributed by atoms with van der Waals surface area (Å²) in [5.41, 5.74) is 5.03. The van der Waals surface area contributed by atoms with E-state index in [0.717, 1.165) is 16.7 Å². The fourth-order valence-electron chi connectivity index (χ4n) is 3.49. The monoisotopic (exact) mass is 329 g/mol. The molecule has 2 heterocycles. The molecule has 1 spiro atoms. The molecule has 3 rings (SSSR count). The van der Waals surface area contributed by atoms with Crippen molar-refractivity contribution in [3.63, 3.8) is 0 Å². The number of hydrazone groups is 1. The normalized spacial score (nSPS) is 22.8. The second-order valence-corrected chi connectivity index (χ2v) is 6.38. The van der Waals surface area contributed by atoms with Crippen LogP contribution in [0.3, 0.4) is 0 Å². The van der Waals surface area contributed by atoms with Crippen LogP contribution in [-0.2, 0) is 19.1 Å². The van der Waals surface area contributed by atoms with Crippen molar-refractivity contribution in [2.24, 2.45) is 5.10 Å². The smallest absolute Gasteiger partial charge is 0.354 e. The predicted octanol–water partition coefficient (Wildman–Crippen LogP) is 1.14. The fourth-order valence-corrected chi connectivity index (χ4v) is 3.49. The highest BCUT2D eigenvalue weighted by molar-refractivity contribution is 6.39. The first kappa shape index (κ1) is 16.2. The van der Waals surface area contributed by atoms with E-state index in [9.17, 15) is 14.4 Å². The molecule has 1 N–H and O–H groups in total. The van der Waals surface area contributed by atoms with Crippen LogP contribution in [0.5, 0.6) is 0 Å². The Hall–Kier alpha value is -2.70. The first-order valence-corrected chi connectivity index (χ1v) is 7.66. The number of benzene rings is 1. The summed E-state index contributed by atoms with van der Waals surface area (Å²) in [6.45, 7) is 5.71. The zero-order valence-corrected chi connectivity index (χ0v) is 14.1. The number of nitrogens with one attached hydrogen (secondary N) is 1. The molecule has 1 atom stereocenters. The largest absolute Gasteiger partial charge is 0.464 e. The van der Waals surface area contributed by atoms with Gasteiger partial charge in [-0.3, -0.25) is 15.0 Å². The zero-order valence-electron chi connectivity index (χ0n) is 14.1. The molecule has 0 unspecified atom stereocenters. The Morgan fingerprint density at radius 1 is 1.21 bits per heavy atom. The number of imide groups is 1. The molecule has 2 aliphatic rings. The van der Waals surface area contributed by atoms with Gasteiger partial charge in [0.2, 0.25) is 5.91 Å². The number of carbonyl (C=O) groups excluding carboxylic acids is 3. The van der Waals surface area contributed by atoms with Crippen molar-refractivity contribution in [3.8, 4) is 0 Å². The first-order valence-electron chi connectivity index (χ1n) is 7.66. The topological polar surface area (TPSA) is 88.1 Å². The van der Waals surface area contributed by atoms with Gasteiger partial charge in [0.05, 0.1) is 19.2 Å². The molecule has 24 heavy (non-hydrogen) atoms. The quantitative estimate of drug-likeness (QED) is 0.649. The van der Waals surface area contributed by atoms with Gasteiger partial charge in [0.15, 0.2) is 0 Å². The number of aryl methyl sites for hydroxylation is 3. The van der Waals surface area contributed by atoms with Crippen molar-refractivity contribution in [2.45, 2.75) is 39.2 Å². The molecule has 0 bridgehead atoms. The third kappa shape index (κ3) is 2.28. The summed E-state index contributed by atoms with van der Waals surface area (Å²) in [6.07, 6.45) is 0.00723. The number of hydrogen-bond donors (Lipinski definition) is 1. The van der Waals surface area contributed by atoms with E-state index in [-0.39, 0.29) is 30.4 Å². The Morgan fingerprint density at radius 3 is 2.42 bits per heavy atom. The Labute approximate surface area is 139 Å². The maximum absolute atomic E-state index is 13.0. The number of hydrogen-bond acceptors (Lipinski definition) is 6. The minimum atomic E-state index is -1.19. The van der Waals surface area contributed by atoms with Gasteiger partial charge in [-0.2, -0.15) is 5.10 Å². The molecular formula is C17H19N3O4. The molecule has 0 aliphatic carbocycles. The lowest BCUT2D eigenvalue weighted by Gasteiger charge is -2.23. The molecule has 1 saturated heterocycles. The van der Waals surface area contributed by atoms with Gasteiger partial charge in [-0.15, -0.1) is 0 Å². The highest BCUT2D eigenvalue weighted by Crippen LogP contribution is 2.37. The van der Waals surface area contributed by atoms with E-state index in [2.05, 4.69) is 15.3 Å². The van der Waals surface area contributed by atoms with Gasteiger partial charge < -0.3 is 4.74 Å². The molecule has 1 aromatic rings. The third-order valence-corrected chi connectivity index (χ3v) is 4.47. The predicted molar refractivity (Wildman–Crippen MR) is 87.7 cm³/mol. The minimum Gasteiger partial charge on any atom is -0.464 e. The van der Waals surface area contributed by atoms with Gasteiger partial charge in [-0.1, -0.05) is 17.7 Å². The maximum atomic E-state index is 13.0. The summed E-state index contributed by atoms with van der Waals surface area (Å²) in [4.78, 5) is 38.4. The standard InChI is InChI=1S/C17H19N3O4/c1-9-5-10(2)14(11(3)6-9)20-13(21)8-17(16(20)23)7-12(18-19-17)15(22)24-4/h5-6,19H,7-8H2,1-4H3/t17-/m0/s1. The van der Waals surface area contributed by atoms with Gasteiger partial charge in [0.1, 0.15) is 11.3 Å². The summed E-state index contributed by atoms with van der Waals surface area (Å²) in [5.74, 6) is -1.28. The molecule has 0 saturated carbocycles. The molecule has 2 aliphatic heterocycles. The van der Waals surface area contributed by atoms with Gasteiger partial charge in [-0.25, -0.2) is 9.69 Å².